The number of carbonyl (C=O) groups is 9. The van der Waals surface area contributed by atoms with Crippen molar-refractivity contribution in [1.82, 2.24) is 47.9 Å². The van der Waals surface area contributed by atoms with E-state index < -0.39 is 124 Å². The average molecular weight is 1070 g/mol. The van der Waals surface area contributed by atoms with Crippen LogP contribution in [0.4, 0.5) is 0 Å². The number of amides is 9. The molecule has 0 heterocycles. The van der Waals surface area contributed by atoms with E-state index in [-0.39, 0.29) is 37.2 Å². The minimum absolute atomic E-state index is 0.0398. The Balaban J connectivity index is 2.27. The summed E-state index contributed by atoms with van der Waals surface area (Å²) < 4.78 is 0. The fourth-order valence-corrected chi connectivity index (χ4v) is 7.33. The number of unbranched alkanes of at least 4 members (excludes halogenated alkanes) is 2. The van der Waals surface area contributed by atoms with Crippen molar-refractivity contribution in [3.05, 3.63) is 47.5 Å². The summed E-state index contributed by atoms with van der Waals surface area (Å²) in [6.45, 7) is 16.2. The molecular weight excluding hydrogens is 989 g/mol. The summed E-state index contributed by atoms with van der Waals surface area (Å²) in [6, 6.07) is -0.426. The van der Waals surface area contributed by atoms with E-state index in [1.54, 1.807) is 20.8 Å². The summed E-state index contributed by atoms with van der Waals surface area (Å²) in [5.74, 6) is -8.14. The van der Waals surface area contributed by atoms with E-state index in [1.807, 2.05) is 0 Å². The van der Waals surface area contributed by atoms with Crippen molar-refractivity contribution in [3.63, 3.8) is 0 Å². The van der Waals surface area contributed by atoms with Crippen molar-refractivity contribution in [1.29, 1.82) is 0 Å². The normalized spacial score (nSPS) is 14.4. The van der Waals surface area contributed by atoms with E-state index in [0.29, 0.717) is 49.9 Å². The van der Waals surface area contributed by atoms with Crippen LogP contribution in [0.3, 0.4) is 0 Å². The van der Waals surface area contributed by atoms with Crippen LogP contribution < -0.4 is 65.1 Å². The first-order valence-corrected chi connectivity index (χ1v) is 25.4. The number of quaternary nitrogens is 3. The topological polar surface area (TPSA) is 426 Å². The van der Waals surface area contributed by atoms with E-state index in [4.69, 9.17) is 0 Å². The third-order valence-electron chi connectivity index (χ3n) is 12.0. The summed E-state index contributed by atoms with van der Waals surface area (Å²) in [6.07, 6.45) is 1.99. The molecule has 25 nitrogen and oxygen atoms in total. The van der Waals surface area contributed by atoms with Gasteiger partial charge in [0.05, 0.1) is 13.1 Å². The van der Waals surface area contributed by atoms with Gasteiger partial charge in [-0.3, -0.25) is 43.2 Å². The van der Waals surface area contributed by atoms with E-state index in [1.165, 1.54) is 84.9 Å². The van der Waals surface area contributed by atoms with Gasteiger partial charge in [-0.1, -0.05) is 12.1 Å². The Morgan fingerprint density at radius 1 is 0.447 bits per heavy atom. The monoisotopic (exact) mass is 1070 g/mol. The Morgan fingerprint density at radius 2 is 0.803 bits per heavy atom. The maximum Gasteiger partial charge on any atom is 0.279 e. The largest absolute Gasteiger partial charge is 0.504 e. The fraction of sp³-hybridized carbons (Fsp3) is 0.588. The SMILES string of the molecule is C[C@H](NC(=O)[C@H](CCCC[NH3+])NC(=O)[C@H](Cc1ccc(O)c(O)c1)NC(=O)[C@H](CCCC[NH3+])NC(=O)[C@@H]([NH3+])Cc1ccc(O)c(O)c1)C(=O)NC(C)(C)C(=O)N[C@@H](C)C(=O)NC(C)(C)C(=O)N[C@@H](C)C(=O)NC(C)(C)C. The highest BCUT2D eigenvalue weighted by molar-refractivity contribution is 5.99. The Hall–Kier alpha value is -7.25. The summed E-state index contributed by atoms with van der Waals surface area (Å²) in [5, 5.41) is 63.5. The third kappa shape index (κ3) is 21.5. The van der Waals surface area contributed by atoms with E-state index in [9.17, 15) is 63.6 Å². The van der Waals surface area contributed by atoms with Gasteiger partial charge in [-0.05, 0) is 143 Å². The molecule has 0 bridgehead atoms. The van der Waals surface area contributed by atoms with Gasteiger partial charge in [-0.15, -0.1) is 0 Å². The molecule has 0 radical (unpaired) electrons. The molecule has 0 unspecified atom stereocenters. The van der Waals surface area contributed by atoms with Crippen LogP contribution in [0.2, 0.25) is 0 Å². The zero-order chi connectivity index (χ0) is 57.9. The molecule has 2 rings (SSSR count). The molecule has 76 heavy (non-hydrogen) atoms. The van der Waals surface area contributed by atoms with Gasteiger partial charge in [0.25, 0.3) is 5.91 Å². The summed E-state index contributed by atoms with van der Waals surface area (Å²) in [4.78, 5) is 122. The second-order valence-corrected chi connectivity index (χ2v) is 21.2. The quantitative estimate of drug-likeness (QED) is 0.0277. The molecule has 0 aliphatic heterocycles. The van der Waals surface area contributed by atoms with Crippen molar-refractivity contribution in [2.45, 2.75) is 180 Å². The zero-order valence-corrected chi connectivity index (χ0v) is 45.7. The van der Waals surface area contributed by atoms with Crippen molar-refractivity contribution >= 4 is 53.2 Å². The highest BCUT2D eigenvalue weighted by atomic mass is 16.3. The zero-order valence-electron chi connectivity index (χ0n) is 45.7. The molecule has 2 aromatic carbocycles. The van der Waals surface area contributed by atoms with Gasteiger partial charge in [0, 0.05) is 18.4 Å². The maximum atomic E-state index is 14.3. The van der Waals surface area contributed by atoms with E-state index in [2.05, 4.69) is 65.1 Å². The number of hydrogen-bond donors (Lipinski definition) is 16. The molecule has 9 amide bonds. The molecule has 0 aromatic heterocycles. The fourth-order valence-electron chi connectivity index (χ4n) is 7.33. The molecule has 0 fully saturated rings. The van der Waals surface area contributed by atoms with Crippen molar-refractivity contribution in [2.24, 2.45) is 0 Å². The van der Waals surface area contributed by atoms with Crippen LogP contribution in [0.1, 0.15) is 119 Å². The van der Waals surface area contributed by atoms with Crippen LogP contribution in [-0.4, -0.2) is 146 Å². The number of rotatable bonds is 29. The third-order valence-corrected chi connectivity index (χ3v) is 12.0. The van der Waals surface area contributed by atoms with Crippen LogP contribution in [-0.2, 0) is 56.0 Å². The molecule has 0 aliphatic rings. The van der Waals surface area contributed by atoms with E-state index in [0.717, 1.165) is 0 Å². The van der Waals surface area contributed by atoms with Crippen LogP contribution in [0, 0.1) is 0 Å². The Morgan fingerprint density at radius 3 is 1.21 bits per heavy atom. The number of phenols is 4. The molecular formula is C51H85N12O13+3. The van der Waals surface area contributed by atoms with E-state index >= 15 is 0 Å². The number of aromatic hydroxyl groups is 4. The lowest BCUT2D eigenvalue weighted by Crippen LogP contribution is -2.70. The molecule has 0 aliphatic carbocycles. The first kappa shape index (κ1) is 64.9. The standard InChI is InChI=1S/C51H82N12O13/c1-27(41(69)62-50(7,8)48(76)57-29(3)42(70)63-51(9,10)47(75)56-28(2)40(68)61-49(4,5)6)55-44(72)33(15-11-13-21-52)59-46(74)35(24-31-18-20-37(65)39(67)26-31)60-45(73)34(16-12-14-22-53)58-43(71)32(54)23-30-17-19-36(64)38(66)25-30/h17-20,25-29,32-35,64-67H,11-16,21-24,52-54H2,1-10H3,(H,55,72)(H,56,75)(H,57,76)(H,58,71)(H,59,74)(H,60,73)(H,61,68)(H,62,69)(H,63,70)/p+3/t27-,28-,29-,32-,33-,34-,35-/m0/s1. The summed E-state index contributed by atoms with van der Waals surface area (Å²) >= 11 is 0. The van der Waals surface area contributed by atoms with Crippen LogP contribution in [0.5, 0.6) is 23.0 Å². The molecule has 25 heteroatoms. The average Bonchev–Trinajstić information content (AvgIpc) is 3.31. The molecule has 22 N–H and O–H groups in total. The number of nitrogens with one attached hydrogen (secondary N) is 9. The van der Waals surface area contributed by atoms with Gasteiger partial charge in [0.2, 0.25) is 47.3 Å². The molecule has 424 valence electrons. The van der Waals surface area contributed by atoms with Gasteiger partial charge in [-0.2, -0.15) is 0 Å². The molecule has 0 saturated carbocycles. The number of phenolic OH excluding ortho intramolecular Hbond substituents is 4. The van der Waals surface area contributed by atoms with Gasteiger partial charge >= 0.3 is 0 Å². The molecule has 7 atom stereocenters. The summed E-state index contributed by atoms with van der Waals surface area (Å²) in [7, 11) is 0. The number of carbonyl (C=O) groups excluding carboxylic acids is 9. The van der Waals surface area contributed by atoms with Crippen LogP contribution >= 0.6 is 0 Å². The lowest BCUT2D eigenvalue weighted by Gasteiger charge is -2.31. The second kappa shape index (κ2) is 29.2. The lowest BCUT2D eigenvalue weighted by molar-refractivity contribution is -0.403. The number of hydrogen-bond acceptors (Lipinski definition) is 13. The van der Waals surface area contributed by atoms with Crippen molar-refractivity contribution in [3.8, 4) is 23.0 Å². The van der Waals surface area contributed by atoms with Crippen molar-refractivity contribution in [2.75, 3.05) is 13.1 Å². The molecule has 2 aromatic rings. The van der Waals surface area contributed by atoms with Crippen molar-refractivity contribution < 1.29 is 80.8 Å². The highest BCUT2D eigenvalue weighted by Crippen LogP contribution is 2.26. The summed E-state index contributed by atoms with van der Waals surface area (Å²) in [5.41, 5.74) is 8.65. The highest BCUT2D eigenvalue weighted by Gasteiger charge is 2.38. The van der Waals surface area contributed by atoms with Gasteiger partial charge in [-0.25, -0.2) is 0 Å². The second-order valence-electron chi connectivity index (χ2n) is 21.2. The molecule has 0 spiro atoms. The maximum absolute atomic E-state index is 14.3. The predicted octanol–water partition coefficient (Wildman–Crippen LogP) is -3.60. The minimum atomic E-state index is -1.67. The predicted molar refractivity (Wildman–Crippen MR) is 278 cm³/mol. The molecule has 0 saturated heterocycles. The van der Waals surface area contributed by atoms with Crippen LogP contribution in [0.15, 0.2) is 36.4 Å². The van der Waals surface area contributed by atoms with Crippen LogP contribution in [0.25, 0.3) is 0 Å². The smallest absolute Gasteiger partial charge is 0.279 e. The Kier molecular flexibility index (Phi) is 24.9. The first-order valence-electron chi connectivity index (χ1n) is 25.4. The first-order chi connectivity index (χ1) is 35.2. The lowest BCUT2D eigenvalue weighted by atomic mass is 10.0. The Bertz CT molecular complexity index is 2370. The van der Waals surface area contributed by atoms with Gasteiger partial charge < -0.3 is 85.5 Å². The minimum Gasteiger partial charge on any atom is -0.504 e. The Labute approximate surface area is 443 Å². The van der Waals surface area contributed by atoms with Gasteiger partial charge in [0.1, 0.15) is 47.3 Å². The number of benzene rings is 2. The van der Waals surface area contributed by atoms with Gasteiger partial charge in [0.15, 0.2) is 29.0 Å².